The van der Waals surface area contributed by atoms with Crippen LogP contribution in [0.25, 0.3) is 0 Å². The van der Waals surface area contributed by atoms with Gasteiger partial charge < -0.3 is 10.1 Å². The summed E-state index contributed by atoms with van der Waals surface area (Å²) in [4.78, 5) is 12.8. The second-order valence-corrected chi connectivity index (χ2v) is 10.1. The van der Waals surface area contributed by atoms with Crippen LogP contribution in [-0.2, 0) is 14.8 Å². The fraction of sp³-hybridized carbons (Fsp3) is 0.667. The molecule has 1 amide bonds. The highest BCUT2D eigenvalue weighted by Crippen LogP contribution is 2.22. The van der Waals surface area contributed by atoms with Crippen molar-refractivity contribution in [2.75, 3.05) is 13.1 Å². The van der Waals surface area contributed by atoms with E-state index in [-0.39, 0.29) is 29.1 Å². The molecule has 0 radical (unpaired) electrons. The van der Waals surface area contributed by atoms with Crippen molar-refractivity contribution in [2.45, 2.75) is 81.9 Å². The molecule has 0 unspecified atom stereocenters. The second kappa shape index (κ2) is 9.37. The summed E-state index contributed by atoms with van der Waals surface area (Å²) < 4.78 is 32.9. The van der Waals surface area contributed by atoms with E-state index in [0.717, 1.165) is 25.7 Å². The summed E-state index contributed by atoms with van der Waals surface area (Å²) in [6.07, 6.45) is 7.83. The molecule has 0 spiro atoms. The van der Waals surface area contributed by atoms with Gasteiger partial charge in [-0.1, -0.05) is 32.1 Å². The van der Waals surface area contributed by atoms with Crippen molar-refractivity contribution in [3.63, 3.8) is 0 Å². The molecule has 0 aromatic heterocycles. The number of sulfonamides is 1. The lowest BCUT2D eigenvalue weighted by Gasteiger charge is -2.34. The summed E-state index contributed by atoms with van der Waals surface area (Å²) in [7, 11) is -3.58. The lowest BCUT2D eigenvalue weighted by molar-refractivity contribution is -0.0440. The van der Waals surface area contributed by atoms with Crippen molar-refractivity contribution in [3.05, 3.63) is 29.8 Å². The van der Waals surface area contributed by atoms with Crippen molar-refractivity contribution >= 4 is 15.9 Å². The lowest BCUT2D eigenvalue weighted by atomic mass is 9.96. The monoisotopic (exact) mass is 408 g/mol. The minimum Gasteiger partial charge on any atom is -0.373 e. The van der Waals surface area contributed by atoms with Crippen LogP contribution < -0.4 is 5.32 Å². The molecule has 6 nitrogen and oxygen atoms in total. The molecule has 1 aromatic carbocycles. The summed E-state index contributed by atoms with van der Waals surface area (Å²) in [6, 6.07) is 6.50. The molecular formula is C21H32N2O4S. The molecular weight excluding hydrogens is 376 g/mol. The van der Waals surface area contributed by atoms with Gasteiger partial charge in [-0.25, -0.2) is 8.42 Å². The molecule has 1 N–H and O–H groups in total. The zero-order valence-corrected chi connectivity index (χ0v) is 17.7. The smallest absolute Gasteiger partial charge is 0.251 e. The standard InChI is InChI=1S/C21H32N2O4S/c1-16-14-23(15-17(2)27-16)28(25,26)20-12-10-18(11-13-20)21(24)22-19-8-6-4-3-5-7-9-19/h10-13,16-17,19H,3-9,14-15H2,1-2H3,(H,22,24)/t16-,17-/m1/s1. The minimum absolute atomic E-state index is 0.122. The van der Waals surface area contributed by atoms with Crippen LogP contribution in [0.3, 0.4) is 0 Å². The number of ether oxygens (including phenoxy) is 1. The lowest BCUT2D eigenvalue weighted by Crippen LogP contribution is -2.48. The van der Waals surface area contributed by atoms with Crippen molar-refractivity contribution in [1.82, 2.24) is 9.62 Å². The first-order valence-corrected chi connectivity index (χ1v) is 11.9. The minimum atomic E-state index is -3.58. The normalized spacial score (nSPS) is 25.6. The van der Waals surface area contributed by atoms with Gasteiger partial charge >= 0.3 is 0 Å². The van der Waals surface area contributed by atoms with Crippen LogP contribution in [0.2, 0.25) is 0 Å². The maximum atomic E-state index is 12.9. The second-order valence-electron chi connectivity index (χ2n) is 8.12. The Labute approximate surface area is 168 Å². The molecule has 1 saturated carbocycles. The third-order valence-electron chi connectivity index (χ3n) is 5.58. The zero-order valence-electron chi connectivity index (χ0n) is 16.9. The molecule has 1 aliphatic heterocycles. The number of nitrogens with one attached hydrogen (secondary N) is 1. The number of hydrogen-bond donors (Lipinski definition) is 1. The van der Waals surface area contributed by atoms with Gasteiger partial charge in [0.25, 0.3) is 5.91 Å². The molecule has 0 bridgehead atoms. The average molecular weight is 409 g/mol. The fourth-order valence-corrected chi connectivity index (χ4v) is 5.71. The summed E-state index contributed by atoms with van der Waals surface area (Å²) in [5.41, 5.74) is 0.504. The Balaban J connectivity index is 1.65. The molecule has 28 heavy (non-hydrogen) atoms. The first-order chi connectivity index (χ1) is 13.4. The number of rotatable bonds is 4. The number of nitrogens with zero attached hydrogens (tertiary/aromatic N) is 1. The molecule has 2 aliphatic rings. The number of carbonyl (C=O) groups excluding carboxylic acids is 1. The number of benzene rings is 1. The van der Waals surface area contributed by atoms with Crippen LogP contribution in [-0.4, -0.2) is 50.0 Å². The van der Waals surface area contributed by atoms with Crippen molar-refractivity contribution in [1.29, 1.82) is 0 Å². The topological polar surface area (TPSA) is 75.7 Å². The van der Waals surface area contributed by atoms with E-state index in [9.17, 15) is 13.2 Å². The predicted octanol–water partition coefficient (Wildman–Crippen LogP) is 3.33. The molecule has 7 heteroatoms. The molecule has 3 rings (SSSR count). The molecule has 1 aliphatic carbocycles. The highest BCUT2D eigenvalue weighted by atomic mass is 32.2. The van der Waals surface area contributed by atoms with Gasteiger partial charge in [0.05, 0.1) is 17.1 Å². The van der Waals surface area contributed by atoms with E-state index in [1.807, 2.05) is 13.8 Å². The molecule has 1 saturated heterocycles. The summed E-state index contributed by atoms with van der Waals surface area (Å²) >= 11 is 0. The van der Waals surface area contributed by atoms with Gasteiger partial charge in [0.15, 0.2) is 0 Å². The highest BCUT2D eigenvalue weighted by Gasteiger charge is 2.32. The van der Waals surface area contributed by atoms with Gasteiger partial charge in [-0.15, -0.1) is 0 Å². The van der Waals surface area contributed by atoms with E-state index < -0.39 is 10.0 Å². The van der Waals surface area contributed by atoms with Crippen LogP contribution in [0, 0.1) is 0 Å². The SMILES string of the molecule is C[C@@H]1CN(S(=O)(=O)c2ccc(C(=O)NC3CCCCCCC3)cc2)C[C@@H](C)O1. The van der Waals surface area contributed by atoms with Crippen LogP contribution >= 0.6 is 0 Å². The van der Waals surface area contributed by atoms with E-state index in [4.69, 9.17) is 4.74 Å². The Morgan fingerprint density at radius 2 is 1.50 bits per heavy atom. The number of amides is 1. The largest absolute Gasteiger partial charge is 0.373 e. The van der Waals surface area contributed by atoms with Crippen LogP contribution in [0.1, 0.15) is 69.2 Å². The first kappa shape index (κ1) is 21.3. The van der Waals surface area contributed by atoms with Crippen molar-refractivity contribution in [3.8, 4) is 0 Å². The van der Waals surface area contributed by atoms with Gasteiger partial charge in [0.2, 0.25) is 10.0 Å². The Kier molecular flexibility index (Phi) is 7.12. The highest BCUT2D eigenvalue weighted by molar-refractivity contribution is 7.89. The van der Waals surface area contributed by atoms with Gasteiger partial charge in [-0.05, 0) is 51.0 Å². The van der Waals surface area contributed by atoms with Gasteiger partial charge in [0.1, 0.15) is 0 Å². The maximum Gasteiger partial charge on any atom is 0.251 e. The van der Waals surface area contributed by atoms with Crippen LogP contribution in [0.5, 0.6) is 0 Å². The molecule has 1 heterocycles. The number of morpholine rings is 1. The number of hydrogen-bond acceptors (Lipinski definition) is 4. The van der Waals surface area contributed by atoms with Gasteiger partial charge in [0, 0.05) is 24.7 Å². The van der Waals surface area contributed by atoms with E-state index in [1.165, 1.54) is 35.7 Å². The van der Waals surface area contributed by atoms with E-state index in [1.54, 1.807) is 12.1 Å². The average Bonchev–Trinajstić information content (AvgIpc) is 2.63. The van der Waals surface area contributed by atoms with Gasteiger partial charge in [-0.3, -0.25) is 4.79 Å². The van der Waals surface area contributed by atoms with Crippen molar-refractivity contribution < 1.29 is 17.9 Å². The van der Waals surface area contributed by atoms with Crippen molar-refractivity contribution in [2.24, 2.45) is 0 Å². The first-order valence-electron chi connectivity index (χ1n) is 10.4. The third-order valence-corrected chi connectivity index (χ3v) is 7.43. The summed E-state index contributed by atoms with van der Waals surface area (Å²) in [6.45, 7) is 4.44. The van der Waals surface area contributed by atoms with E-state index in [0.29, 0.717) is 18.7 Å². The fourth-order valence-electron chi connectivity index (χ4n) is 4.12. The number of carbonyl (C=O) groups is 1. The van der Waals surface area contributed by atoms with E-state index in [2.05, 4.69) is 5.32 Å². The Morgan fingerprint density at radius 3 is 2.07 bits per heavy atom. The summed E-state index contributed by atoms with van der Waals surface area (Å²) in [5.74, 6) is -0.122. The molecule has 2 fully saturated rings. The molecule has 156 valence electrons. The molecule has 1 aromatic rings. The molecule has 2 atom stereocenters. The maximum absolute atomic E-state index is 12.9. The Hall–Kier alpha value is -1.44. The quantitative estimate of drug-likeness (QED) is 0.829. The zero-order chi connectivity index (χ0) is 20.1. The summed E-state index contributed by atoms with van der Waals surface area (Å²) in [5, 5.41) is 3.12. The van der Waals surface area contributed by atoms with E-state index >= 15 is 0 Å². The predicted molar refractivity (Wildman–Crippen MR) is 109 cm³/mol. The third kappa shape index (κ3) is 5.33. The Morgan fingerprint density at radius 1 is 0.964 bits per heavy atom. The van der Waals surface area contributed by atoms with Crippen LogP contribution in [0.15, 0.2) is 29.2 Å². The van der Waals surface area contributed by atoms with Gasteiger partial charge in [-0.2, -0.15) is 4.31 Å². The van der Waals surface area contributed by atoms with Crippen LogP contribution in [0.4, 0.5) is 0 Å². The Bertz CT molecular complexity index is 745.